The smallest absolute Gasteiger partial charge is 0.0753 e. The molecular weight excluding hydrogens is 238 g/mol. The zero-order valence-corrected chi connectivity index (χ0v) is 12.5. The van der Waals surface area contributed by atoms with Crippen LogP contribution in [0.4, 0.5) is 0 Å². The second-order valence-electron chi connectivity index (χ2n) is 6.62. The molecule has 4 heteroatoms. The van der Waals surface area contributed by atoms with Crippen LogP contribution in [0.15, 0.2) is 0 Å². The molecule has 0 aromatic carbocycles. The molecule has 0 aromatic rings. The fraction of sp³-hybridized carbons (Fsp3) is 1.00. The zero-order valence-electron chi connectivity index (χ0n) is 12.5. The maximum absolute atomic E-state index is 9.95. The average molecular weight is 269 g/mol. The van der Waals surface area contributed by atoms with Crippen LogP contribution in [-0.2, 0) is 0 Å². The van der Waals surface area contributed by atoms with Gasteiger partial charge in [-0.1, -0.05) is 6.42 Å². The van der Waals surface area contributed by atoms with Crippen molar-refractivity contribution >= 4 is 0 Å². The first-order valence-electron chi connectivity index (χ1n) is 7.99. The van der Waals surface area contributed by atoms with Gasteiger partial charge in [-0.15, -0.1) is 0 Å². The number of likely N-dealkylation sites (tertiary alicyclic amines) is 2. The molecule has 2 rings (SSSR count). The van der Waals surface area contributed by atoms with E-state index in [0.29, 0.717) is 6.54 Å². The quantitative estimate of drug-likeness (QED) is 0.783. The highest BCUT2D eigenvalue weighted by Gasteiger charge is 2.26. The fourth-order valence-electron chi connectivity index (χ4n) is 3.29. The highest BCUT2D eigenvalue weighted by molar-refractivity contribution is 4.83. The third-order valence-electron chi connectivity index (χ3n) is 4.87. The van der Waals surface area contributed by atoms with E-state index in [2.05, 4.69) is 9.80 Å². The molecule has 0 radical (unpaired) electrons. The van der Waals surface area contributed by atoms with E-state index in [-0.39, 0.29) is 0 Å². The topological polar surface area (TPSA) is 52.7 Å². The Hall–Kier alpha value is -0.160. The number of piperidine rings is 2. The van der Waals surface area contributed by atoms with Gasteiger partial charge in [-0.25, -0.2) is 0 Å². The van der Waals surface area contributed by atoms with Crippen LogP contribution in [-0.4, -0.2) is 65.8 Å². The van der Waals surface area contributed by atoms with Crippen molar-refractivity contribution in [3.05, 3.63) is 0 Å². The molecule has 3 N–H and O–H groups in total. The van der Waals surface area contributed by atoms with Gasteiger partial charge in [0.1, 0.15) is 0 Å². The van der Waals surface area contributed by atoms with Gasteiger partial charge in [0.2, 0.25) is 0 Å². The van der Waals surface area contributed by atoms with Crippen molar-refractivity contribution in [1.82, 2.24) is 9.80 Å². The van der Waals surface area contributed by atoms with Gasteiger partial charge in [0.15, 0.2) is 0 Å². The van der Waals surface area contributed by atoms with Crippen molar-refractivity contribution in [3.8, 4) is 0 Å². The lowest BCUT2D eigenvalue weighted by Crippen LogP contribution is -2.48. The highest BCUT2D eigenvalue weighted by atomic mass is 16.3. The van der Waals surface area contributed by atoms with Gasteiger partial charge in [-0.3, -0.25) is 0 Å². The number of nitrogens with zero attached hydrogens (tertiary/aromatic N) is 2. The molecule has 112 valence electrons. The Balaban J connectivity index is 1.67. The second-order valence-corrected chi connectivity index (χ2v) is 6.62. The van der Waals surface area contributed by atoms with Crippen molar-refractivity contribution in [1.29, 1.82) is 0 Å². The molecule has 0 saturated carbocycles. The number of hydrogen-bond acceptors (Lipinski definition) is 4. The lowest BCUT2D eigenvalue weighted by molar-refractivity contribution is 0.0367. The van der Waals surface area contributed by atoms with Crippen LogP contribution in [0.1, 0.15) is 45.4 Å². The SMILES string of the molecule is CC(O)(CN)CCN1CCC(N2CCCCC2)CC1. The highest BCUT2D eigenvalue weighted by Crippen LogP contribution is 2.21. The van der Waals surface area contributed by atoms with Crippen LogP contribution in [0.25, 0.3) is 0 Å². The fourth-order valence-corrected chi connectivity index (χ4v) is 3.29. The number of hydrogen-bond donors (Lipinski definition) is 2. The standard InChI is InChI=1S/C15H31N3O/c1-15(19,13-16)7-12-17-10-5-14(6-11-17)18-8-3-2-4-9-18/h14,19H,2-13,16H2,1H3. The minimum atomic E-state index is -0.691. The van der Waals surface area contributed by atoms with E-state index in [4.69, 9.17) is 5.73 Å². The van der Waals surface area contributed by atoms with Gasteiger partial charge in [0.05, 0.1) is 5.60 Å². The van der Waals surface area contributed by atoms with Gasteiger partial charge in [0, 0.05) is 19.1 Å². The molecule has 2 heterocycles. The molecule has 0 bridgehead atoms. The summed E-state index contributed by atoms with van der Waals surface area (Å²) in [6.45, 7) is 8.17. The largest absolute Gasteiger partial charge is 0.389 e. The lowest BCUT2D eigenvalue weighted by Gasteiger charge is -2.40. The van der Waals surface area contributed by atoms with Crippen molar-refractivity contribution < 1.29 is 5.11 Å². The van der Waals surface area contributed by atoms with Crippen LogP contribution in [0.5, 0.6) is 0 Å². The molecular formula is C15H31N3O. The summed E-state index contributed by atoms with van der Waals surface area (Å²) in [4.78, 5) is 5.20. The summed E-state index contributed by atoms with van der Waals surface area (Å²) < 4.78 is 0. The van der Waals surface area contributed by atoms with Crippen molar-refractivity contribution in [2.75, 3.05) is 39.3 Å². The van der Waals surface area contributed by atoms with E-state index in [9.17, 15) is 5.11 Å². The van der Waals surface area contributed by atoms with E-state index < -0.39 is 5.60 Å². The lowest BCUT2D eigenvalue weighted by atomic mass is 9.98. The van der Waals surface area contributed by atoms with Gasteiger partial charge >= 0.3 is 0 Å². The molecule has 2 aliphatic heterocycles. The maximum Gasteiger partial charge on any atom is 0.0753 e. The van der Waals surface area contributed by atoms with Crippen LogP contribution < -0.4 is 5.73 Å². The summed E-state index contributed by atoms with van der Waals surface area (Å²) in [5.41, 5.74) is 4.88. The Morgan fingerprint density at radius 1 is 1.11 bits per heavy atom. The predicted octanol–water partition coefficient (Wildman–Crippen LogP) is 1.04. The zero-order chi connectivity index (χ0) is 13.7. The molecule has 2 aliphatic rings. The summed E-state index contributed by atoms with van der Waals surface area (Å²) in [7, 11) is 0. The van der Waals surface area contributed by atoms with E-state index in [1.807, 2.05) is 6.92 Å². The van der Waals surface area contributed by atoms with Crippen LogP contribution in [0.3, 0.4) is 0 Å². The van der Waals surface area contributed by atoms with E-state index in [1.165, 1.54) is 58.3 Å². The Kier molecular flexibility index (Phi) is 5.63. The van der Waals surface area contributed by atoms with Gasteiger partial charge < -0.3 is 20.6 Å². The summed E-state index contributed by atoms with van der Waals surface area (Å²) in [5, 5.41) is 9.95. The van der Waals surface area contributed by atoms with Gasteiger partial charge in [0.25, 0.3) is 0 Å². The van der Waals surface area contributed by atoms with Crippen molar-refractivity contribution in [2.24, 2.45) is 5.73 Å². The molecule has 0 amide bonds. The van der Waals surface area contributed by atoms with E-state index in [0.717, 1.165) is 19.0 Å². The first-order valence-corrected chi connectivity index (χ1v) is 7.99. The minimum Gasteiger partial charge on any atom is -0.389 e. The Labute approximate surface area is 117 Å². The third-order valence-corrected chi connectivity index (χ3v) is 4.87. The Morgan fingerprint density at radius 2 is 1.74 bits per heavy atom. The Bertz CT molecular complexity index is 256. The molecule has 1 unspecified atom stereocenters. The monoisotopic (exact) mass is 269 g/mol. The molecule has 19 heavy (non-hydrogen) atoms. The van der Waals surface area contributed by atoms with Gasteiger partial charge in [-0.2, -0.15) is 0 Å². The summed E-state index contributed by atoms with van der Waals surface area (Å²) in [6.07, 6.45) is 7.58. The van der Waals surface area contributed by atoms with E-state index in [1.54, 1.807) is 0 Å². The van der Waals surface area contributed by atoms with Crippen LogP contribution in [0.2, 0.25) is 0 Å². The van der Waals surface area contributed by atoms with E-state index >= 15 is 0 Å². The molecule has 4 nitrogen and oxygen atoms in total. The molecule has 0 spiro atoms. The number of rotatable bonds is 5. The molecule has 2 fully saturated rings. The normalized spacial score (nSPS) is 27.3. The van der Waals surface area contributed by atoms with Gasteiger partial charge in [-0.05, 0) is 65.2 Å². The first kappa shape index (κ1) is 15.2. The molecule has 2 saturated heterocycles. The van der Waals surface area contributed by atoms with Crippen molar-refractivity contribution in [3.63, 3.8) is 0 Å². The molecule has 0 aromatic heterocycles. The summed E-state index contributed by atoms with van der Waals surface area (Å²) in [5.74, 6) is 0. The molecule has 0 aliphatic carbocycles. The number of aliphatic hydroxyl groups is 1. The summed E-state index contributed by atoms with van der Waals surface area (Å²) >= 11 is 0. The number of nitrogens with two attached hydrogens (primary N) is 1. The predicted molar refractivity (Wildman–Crippen MR) is 79.2 cm³/mol. The van der Waals surface area contributed by atoms with Crippen LogP contribution in [0, 0.1) is 0 Å². The second kappa shape index (κ2) is 7.02. The maximum atomic E-state index is 9.95. The van der Waals surface area contributed by atoms with Crippen LogP contribution >= 0.6 is 0 Å². The first-order chi connectivity index (χ1) is 9.11. The Morgan fingerprint density at radius 3 is 2.32 bits per heavy atom. The average Bonchev–Trinajstić information content (AvgIpc) is 2.47. The molecule has 1 atom stereocenters. The minimum absolute atomic E-state index is 0.358. The summed E-state index contributed by atoms with van der Waals surface area (Å²) in [6, 6.07) is 0.812. The third kappa shape index (κ3) is 4.71. The van der Waals surface area contributed by atoms with Crippen molar-refractivity contribution in [2.45, 2.75) is 57.1 Å².